The summed E-state index contributed by atoms with van der Waals surface area (Å²) in [6.45, 7) is 0. The predicted octanol–water partition coefficient (Wildman–Crippen LogP) is 3.43. The number of alkyl halides is 7. The first-order valence-corrected chi connectivity index (χ1v) is 3.33. The van der Waals surface area contributed by atoms with E-state index in [9.17, 15) is 39.5 Å². The van der Waals surface area contributed by atoms with E-state index >= 15 is 0 Å². The molecule has 0 fully saturated rings. The van der Waals surface area contributed by atoms with Crippen LogP contribution in [0.5, 0.6) is 0 Å². The third-order valence-corrected chi connectivity index (χ3v) is 1.13. The lowest BCUT2D eigenvalue weighted by Gasteiger charge is -2.23. The van der Waals surface area contributed by atoms with Gasteiger partial charge in [0.15, 0.2) is 0 Å². The molecule has 17 heavy (non-hydrogen) atoms. The molecule has 0 aliphatic carbocycles. The fraction of sp³-hybridized carbons (Fsp3) is 0.500. The average Bonchev–Trinajstić information content (AvgIpc) is 2.12. The number of hydrogen-bond acceptors (Lipinski definition) is 2. The largest absolute Gasteiger partial charge is 0.483 e. The third kappa shape index (κ3) is 3.52. The molecular formula is C6F9NO. The molecule has 0 atom stereocenters. The summed E-state index contributed by atoms with van der Waals surface area (Å²) in [5.74, 6) is -6.36. The molecule has 0 aliphatic heterocycles. The van der Waals surface area contributed by atoms with Crippen molar-refractivity contribution in [3.8, 4) is 6.07 Å². The summed E-state index contributed by atoms with van der Waals surface area (Å²) < 4.78 is 109. The van der Waals surface area contributed by atoms with Gasteiger partial charge in [0.2, 0.25) is 11.7 Å². The number of rotatable bonds is 3. The number of allylic oxidation sites excluding steroid dienone is 1. The van der Waals surface area contributed by atoms with E-state index in [2.05, 4.69) is 0 Å². The number of nitriles is 1. The maximum Gasteiger partial charge on any atom is 0.483 e. The van der Waals surface area contributed by atoms with Gasteiger partial charge in [0.25, 0.3) is 0 Å². The number of ether oxygens (including phenoxy) is 1. The quantitative estimate of drug-likeness (QED) is 0.583. The van der Waals surface area contributed by atoms with Crippen LogP contribution in [0.25, 0.3) is 0 Å². The zero-order valence-electron chi connectivity index (χ0n) is 7.26. The Bertz CT molecular complexity index is 363. The van der Waals surface area contributed by atoms with Gasteiger partial charge in [-0.2, -0.15) is 44.8 Å². The first-order valence-electron chi connectivity index (χ1n) is 3.33. The molecule has 98 valence electrons. The highest BCUT2D eigenvalue weighted by atomic mass is 19.4. The van der Waals surface area contributed by atoms with Crippen LogP contribution in [0.1, 0.15) is 0 Å². The molecule has 0 radical (unpaired) electrons. The molecule has 0 bridgehead atoms. The lowest BCUT2D eigenvalue weighted by Crippen LogP contribution is -2.45. The van der Waals surface area contributed by atoms with Crippen molar-refractivity contribution in [2.75, 3.05) is 0 Å². The van der Waals surface area contributed by atoms with Crippen molar-refractivity contribution in [3.63, 3.8) is 0 Å². The first-order chi connectivity index (χ1) is 7.35. The van der Waals surface area contributed by atoms with Gasteiger partial charge in [0.05, 0.1) is 0 Å². The van der Waals surface area contributed by atoms with Crippen LogP contribution in [0.3, 0.4) is 0 Å². The Morgan fingerprint density at radius 3 is 1.65 bits per heavy atom. The number of halogens is 9. The molecule has 0 amide bonds. The van der Waals surface area contributed by atoms with E-state index in [0.29, 0.717) is 0 Å². The molecule has 0 unspecified atom stereocenters. The summed E-state index contributed by atoms with van der Waals surface area (Å²) in [7, 11) is 0. The van der Waals surface area contributed by atoms with Crippen molar-refractivity contribution < 1.29 is 44.3 Å². The van der Waals surface area contributed by atoms with Gasteiger partial charge in [-0.3, -0.25) is 0 Å². The van der Waals surface area contributed by atoms with Crippen molar-refractivity contribution in [3.05, 3.63) is 11.7 Å². The van der Waals surface area contributed by atoms with E-state index in [1.165, 1.54) is 0 Å². The predicted molar refractivity (Wildman–Crippen MR) is 31.9 cm³/mol. The van der Waals surface area contributed by atoms with Gasteiger partial charge in [-0.1, -0.05) is 0 Å². The summed E-state index contributed by atoms with van der Waals surface area (Å²) in [5.41, 5.74) is 0. The van der Waals surface area contributed by atoms with Crippen molar-refractivity contribution in [1.82, 2.24) is 0 Å². The zero-order chi connectivity index (χ0) is 14.1. The molecule has 0 N–H and O–H groups in total. The highest BCUT2D eigenvalue weighted by molar-refractivity contribution is 5.19. The minimum Gasteiger partial charge on any atom is -0.242 e. The molecule has 0 aliphatic rings. The molecule has 0 aromatic rings. The Hall–Kier alpha value is -1.44. The fourth-order valence-corrected chi connectivity index (χ4v) is 0.440. The van der Waals surface area contributed by atoms with E-state index in [1.807, 2.05) is 4.74 Å². The van der Waals surface area contributed by atoms with Crippen LogP contribution in [0.4, 0.5) is 39.5 Å². The SMILES string of the molecule is N#CC(F)=C(F)C(F)(F)OC(F)(F)C(F)(F)F. The Kier molecular flexibility index (Phi) is 4.06. The van der Waals surface area contributed by atoms with Gasteiger partial charge in [-0.25, -0.2) is 4.74 Å². The van der Waals surface area contributed by atoms with E-state index in [-0.39, 0.29) is 6.07 Å². The second kappa shape index (κ2) is 4.44. The fourth-order valence-electron chi connectivity index (χ4n) is 0.440. The first kappa shape index (κ1) is 15.6. The summed E-state index contributed by atoms with van der Waals surface area (Å²) in [6, 6.07) is 0.147. The standard InChI is InChI=1S/C6F9NO/c7-2(1-16)3(8)4(9,10)17-6(14,15)5(11,12)13. The average molecular weight is 273 g/mol. The molecule has 11 heteroatoms. The van der Waals surface area contributed by atoms with Gasteiger partial charge >= 0.3 is 18.4 Å². The summed E-state index contributed by atoms with van der Waals surface area (Å²) in [4.78, 5) is 0. The maximum atomic E-state index is 12.3. The molecular weight excluding hydrogens is 273 g/mol. The molecule has 0 spiro atoms. The van der Waals surface area contributed by atoms with Crippen molar-refractivity contribution >= 4 is 0 Å². The molecule has 0 saturated carbocycles. The summed E-state index contributed by atoms with van der Waals surface area (Å²) in [6.07, 6.45) is -18.9. The molecule has 0 saturated heterocycles. The Morgan fingerprint density at radius 2 is 1.35 bits per heavy atom. The molecule has 0 heterocycles. The second-order valence-electron chi connectivity index (χ2n) is 2.37. The molecule has 0 aromatic heterocycles. The summed E-state index contributed by atoms with van der Waals surface area (Å²) in [5, 5.41) is 7.61. The van der Waals surface area contributed by atoms with E-state index in [4.69, 9.17) is 5.26 Å². The van der Waals surface area contributed by atoms with Gasteiger partial charge < -0.3 is 0 Å². The monoisotopic (exact) mass is 273 g/mol. The van der Waals surface area contributed by atoms with Crippen LogP contribution in [-0.4, -0.2) is 18.4 Å². The van der Waals surface area contributed by atoms with Crippen LogP contribution in [0.15, 0.2) is 11.7 Å². The Labute approximate surface area is 86.9 Å². The highest BCUT2D eigenvalue weighted by Crippen LogP contribution is 2.43. The van der Waals surface area contributed by atoms with Crippen LogP contribution in [0.2, 0.25) is 0 Å². The minimum atomic E-state index is -6.56. The van der Waals surface area contributed by atoms with Gasteiger partial charge in [-0.15, -0.1) is 0 Å². The normalized spacial score (nSPS) is 15.3. The molecule has 0 aromatic carbocycles. The minimum absolute atomic E-state index is 0.147. The molecule has 2 nitrogen and oxygen atoms in total. The van der Waals surface area contributed by atoms with E-state index in [1.54, 1.807) is 0 Å². The summed E-state index contributed by atoms with van der Waals surface area (Å²) >= 11 is 0. The topological polar surface area (TPSA) is 33.0 Å². The van der Waals surface area contributed by atoms with Crippen molar-refractivity contribution in [2.45, 2.75) is 18.4 Å². The van der Waals surface area contributed by atoms with Crippen LogP contribution < -0.4 is 0 Å². The highest BCUT2D eigenvalue weighted by Gasteiger charge is 2.65. The van der Waals surface area contributed by atoms with E-state index < -0.39 is 30.0 Å². The van der Waals surface area contributed by atoms with Gasteiger partial charge in [0, 0.05) is 0 Å². The van der Waals surface area contributed by atoms with Crippen LogP contribution >= 0.6 is 0 Å². The van der Waals surface area contributed by atoms with Gasteiger partial charge in [0.1, 0.15) is 6.07 Å². The van der Waals surface area contributed by atoms with Crippen molar-refractivity contribution in [1.29, 1.82) is 5.26 Å². The second-order valence-corrected chi connectivity index (χ2v) is 2.37. The smallest absolute Gasteiger partial charge is 0.242 e. The lowest BCUT2D eigenvalue weighted by atomic mass is 10.4. The Morgan fingerprint density at radius 1 is 0.941 bits per heavy atom. The van der Waals surface area contributed by atoms with E-state index in [0.717, 1.165) is 0 Å². The van der Waals surface area contributed by atoms with Gasteiger partial charge in [-0.05, 0) is 0 Å². The van der Waals surface area contributed by atoms with Crippen LogP contribution in [0, 0.1) is 11.3 Å². The third-order valence-electron chi connectivity index (χ3n) is 1.13. The van der Waals surface area contributed by atoms with Crippen molar-refractivity contribution in [2.24, 2.45) is 0 Å². The lowest BCUT2D eigenvalue weighted by molar-refractivity contribution is -0.450. The number of hydrogen-bond donors (Lipinski definition) is 0. The number of nitrogens with zero attached hydrogens (tertiary/aromatic N) is 1. The Balaban J connectivity index is 5.23. The molecule has 0 rings (SSSR count). The zero-order valence-corrected chi connectivity index (χ0v) is 7.26. The maximum absolute atomic E-state index is 12.3. The van der Waals surface area contributed by atoms with Crippen LogP contribution in [-0.2, 0) is 4.74 Å².